The molecule has 7 heteroatoms. The zero-order valence-electron chi connectivity index (χ0n) is 14.1. The third-order valence-corrected chi connectivity index (χ3v) is 4.25. The van der Waals surface area contributed by atoms with E-state index in [-0.39, 0.29) is 24.2 Å². The highest BCUT2D eigenvalue weighted by molar-refractivity contribution is 5.97. The summed E-state index contributed by atoms with van der Waals surface area (Å²) in [6.45, 7) is 3.62. The van der Waals surface area contributed by atoms with E-state index in [2.05, 4.69) is 16.0 Å². The van der Waals surface area contributed by atoms with Crippen LogP contribution in [-0.2, 0) is 14.3 Å². The van der Waals surface area contributed by atoms with Gasteiger partial charge in [-0.1, -0.05) is 18.2 Å². The summed E-state index contributed by atoms with van der Waals surface area (Å²) in [5.74, 6) is -0.345. The van der Waals surface area contributed by atoms with Gasteiger partial charge in [0.05, 0.1) is 12.0 Å². The summed E-state index contributed by atoms with van der Waals surface area (Å²) in [6, 6.07) is 8.60. The number of anilines is 1. The molecule has 1 unspecified atom stereocenters. The minimum atomic E-state index is -0.605. The number of carbonyl (C=O) groups is 2. The molecule has 0 aliphatic carbocycles. The normalized spacial score (nSPS) is 17.2. The molecule has 0 saturated carbocycles. The van der Waals surface area contributed by atoms with E-state index >= 15 is 0 Å². The first-order valence-corrected chi connectivity index (χ1v) is 7.94. The Morgan fingerprint density at radius 2 is 1.88 bits per heavy atom. The summed E-state index contributed by atoms with van der Waals surface area (Å²) in [7, 11) is 1.60. The lowest BCUT2D eigenvalue weighted by Gasteiger charge is -2.36. The maximum atomic E-state index is 12.7. The van der Waals surface area contributed by atoms with Crippen molar-refractivity contribution in [3.63, 3.8) is 0 Å². The summed E-state index contributed by atoms with van der Waals surface area (Å²) in [6.07, 6.45) is 1.42. The van der Waals surface area contributed by atoms with E-state index in [4.69, 9.17) is 4.74 Å². The Bertz CT molecular complexity index is 528. The van der Waals surface area contributed by atoms with Gasteiger partial charge < -0.3 is 20.7 Å². The Hall–Kier alpha value is -1.63. The lowest BCUT2D eigenvalue weighted by atomic mass is 9.78. The Morgan fingerprint density at radius 1 is 1.25 bits per heavy atom. The van der Waals surface area contributed by atoms with E-state index in [9.17, 15) is 9.59 Å². The van der Waals surface area contributed by atoms with E-state index in [1.807, 2.05) is 30.3 Å². The second-order valence-corrected chi connectivity index (χ2v) is 6.01. The fourth-order valence-corrected chi connectivity index (χ4v) is 2.81. The van der Waals surface area contributed by atoms with Gasteiger partial charge in [-0.25, -0.2) is 0 Å². The van der Waals surface area contributed by atoms with Crippen LogP contribution in [0.2, 0.25) is 0 Å². The molecule has 134 valence electrons. The van der Waals surface area contributed by atoms with Gasteiger partial charge in [-0.2, -0.15) is 0 Å². The maximum absolute atomic E-state index is 12.7. The SMILES string of the molecule is COCC1(C(=O)NC(C)C(=O)Nc2ccccc2)CCNCC1.Cl. The van der Waals surface area contributed by atoms with E-state index < -0.39 is 11.5 Å². The number of nitrogens with one attached hydrogen (secondary N) is 3. The zero-order valence-corrected chi connectivity index (χ0v) is 14.9. The van der Waals surface area contributed by atoms with Gasteiger partial charge in [0.2, 0.25) is 11.8 Å². The molecule has 0 bridgehead atoms. The van der Waals surface area contributed by atoms with Gasteiger partial charge in [-0.05, 0) is 45.0 Å². The molecule has 0 aromatic heterocycles. The number of amides is 2. The van der Waals surface area contributed by atoms with Gasteiger partial charge >= 0.3 is 0 Å². The Morgan fingerprint density at radius 3 is 2.46 bits per heavy atom. The fraction of sp³-hybridized carbons (Fsp3) is 0.529. The molecule has 2 amide bonds. The highest BCUT2D eigenvalue weighted by Gasteiger charge is 2.40. The van der Waals surface area contributed by atoms with Crippen LogP contribution in [-0.4, -0.2) is 44.7 Å². The molecule has 24 heavy (non-hydrogen) atoms. The summed E-state index contributed by atoms with van der Waals surface area (Å²) >= 11 is 0. The lowest BCUT2D eigenvalue weighted by Crippen LogP contribution is -2.54. The van der Waals surface area contributed by atoms with Crippen molar-refractivity contribution in [1.82, 2.24) is 10.6 Å². The average Bonchev–Trinajstić information content (AvgIpc) is 2.56. The van der Waals surface area contributed by atoms with Crippen LogP contribution in [0.4, 0.5) is 5.69 Å². The number of ether oxygens (including phenoxy) is 1. The third-order valence-electron chi connectivity index (χ3n) is 4.25. The maximum Gasteiger partial charge on any atom is 0.246 e. The van der Waals surface area contributed by atoms with Gasteiger partial charge in [0.25, 0.3) is 0 Å². The standard InChI is InChI=1S/C17H25N3O3.ClH/c1-13(15(21)20-14-6-4-3-5-7-14)19-16(22)17(12-23-2)8-10-18-11-9-17;/h3-7,13,18H,8-12H2,1-2H3,(H,19,22)(H,20,21);1H. The number of carbonyl (C=O) groups excluding carboxylic acids is 2. The van der Waals surface area contributed by atoms with Crippen LogP contribution in [0.1, 0.15) is 19.8 Å². The van der Waals surface area contributed by atoms with Crippen LogP contribution in [0.5, 0.6) is 0 Å². The molecule has 1 aromatic rings. The summed E-state index contributed by atoms with van der Waals surface area (Å²) in [5.41, 5.74) is 0.161. The molecule has 1 atom stereocenters. The molecule has 3 N–H and O–H groups in total. The number of hydrogen-bond acceptors (Lipinski definition) is 4. The first-order valence-electron chi connectivity index (χ1n) is 7.94. The van der Waals surface area contributed by atoms with E-state index in [1.54, 1.807) is 14.0 Å². The molecule has 1 aliphatic rings. The molecule has 0 radical (unpaired) electrons. The largest absolute Gasteiger partial charge is 0.384 e. The van der Waals surface area contributed by atoms with Crippen LogP contribution >= 0.6 is 12.4 Å². The van der Waals surface area contributed by atoms with Crippen molar-refractivity contribution in [2.75, 3.05) is 32.1 Å². The van der Waals surface area contributed by atoms with E-state index in [0.717, 1.165) is 13.1 Å². The Kier molecular flexibility index (Phi) is 8.18. The molecule has 1 heterocycles. The minimum Gasteiger partial charge on any atom is -0.384 e. The van der Waals surface area contributed by atoms with Gasteiger partial charge in [0.15, 0.2) is 0 Å². The van der Waals surface area contributed by atoms with Crippen molar-refractivity contribution >= 4 is 29.9 Å². The summed E-state index contributed by atoms with van der Waals surface area (Å²) in [5, 5.41) is 8.88. The molecule has 6 nitrogen and oxygen atoms in total. The van der Waals surface area contributed by atoms with Crippen LogP contribution in [0.25, 0.3) is 0 Å². The van der Waals surface area contributed by atoms with Crippen molar-refractivity contribution in [3.8, 4) is 0 Å². The number of piperidine rings is 1. The van der Waals surface area contributed by atoms with Crippen LogP contribution in [0.3, 0.4) is 0 Å². The van der Waals surface area contributed by atoms with Crippen molar-refractivity contribution in [2.24, 2.45) is 5.41 Å². The minimum absolute atomic E-state index is 0. The summed E-state index contributed by atoms with van der Waals surface area (Å²) < 4.78 is 5.25. The van der Waals surface area contributed by atoms with E-state index in [1.165, 1.54) is 0 Å². The van der Waals surface area contributed by atoms with Crippen molar-refractivity contribution in [2.45, 2.75) is 25.8 Å². The lowest BCUT2D eigenvalue weighted by molar-refractivity contribution is -0.138. The average molecular weight is 356 g/mol. The second-order valence-electron chi connectivity index (χ2n) is 6.01. The molecule has 1 aromatic carbocycles. The predicted octanol–water partition coefficient (Wildman–Crippen LogP) is 1.57. The molecule has 0 spiro atoms. The molecular weight excluding hydrogens is 330 g/mol. The monoisotopic (exact) mass is 355 g/mol. The highest BCUT2D eigenvalue weighted by atomic mass is 35.5. The molecule has 1 fully saturated rings. The number of halogens is 1. The van der Waals surface area contributed by atoms with Crippen molar-refractivity contribution in [3.05, 3.63) is 30.3 Å². The van der Waals surface area contributed by atoms with Crippen molar-refractivity contribution < 1.29 is 14.3 Å². The fourth-order valence-electron chi connectivity index (χ4n) is 2.81. The molecular formula is C17H26ClN3O3. The first-order chi connectivity index (χ1) is 11.1. The van der Waals surface area contributed by atoms with Crippen LogP contribution < -0.4 is 16.0 Å². The number of hydrogen-bond donors (Lipinski definition) is 3. The third kappa shape index (κ3) is 5.19. The Balaban J connectivity index is 0.00000288. The van der Waals surface area contributed by atoms with Gasteiger partial charge in [-0.15, -0.1) is 12.4 Å². The smallest absolute Gasteiger partial charge is 0.246 e. The second kappa shape index (κ2) is 9.61. The van der Waals surface area contributed by atoms with Crippen LogP contribution in [0.15, 0.2) is 30.3 Å². The number of methoxy groups -OCH3 is 1. The topological polar surface area (TPSA) is 79.5 Å². The quantitative estimate of drug-likeness (QED) is 0.723. The highest BCUT2D eigenvalue weighted by Crippen LogP contribution is 2.29. The molecule has 2 rings (SSSR count). The molecule has 1 aliphatic heterocycles. The van der Waals surface area contributed by atoms with Gasteiger partial charge in [0.1, 0.15) is 6.04 Å². The Labute approximate surface area is 149 Å². The number of benzene rings is 1. The van der Waals surface area contributed by atoms with Crippen LogP contribution in [0, 0.1) is 5.41 Å². The zero-order chi connectivity index (χ0) is 16.7. The van der Waals surface area contributed by atoms with E-state index in [0.29, 0.717) is 25.1 Å². The van der Waals surface area contributed by atoms with Gasteiger partial charge in [0, 0.05) is 12.8 Å². The summed E-state index contributed by atoms with van der Waals surface area (Å²) in [4.78, 5) is 24.9. The predicted molar refractivity (Wildman–Crippen MR) is 96.3 cm³/mol. The molecule has 1 saturated heterocycles. The number of rotatable bonds is 6. The van der Waals surface area contributed by atoms with Gasteiger partial charge in [-0.3, -0.25) is 9.59 Å². The number of para-hydroxylation sites is 1. The van der Waals surface area contributed by atoms with Crippen molar-refractivity contribution in [1.29, 1.82) is 0 Å². The first kappa shape index (κ1) is 20.4.